The van der Waals surface area contributed by atoms with Crippen molar-refractivity contribution in [3.63, 3.8) is 0 Å². The van der Waals surface area contributed by atoms with E-state index in [4.69, 9.17) is 11.5 Å². The van der Waals surface area contributed by atoms with Crippen LogP contribution in [-0.2, 0) is 4.79 Å². The maximum Gasteiger partial charge on any atom is 0.323 e. The van der Waals surface area contributed by atoms with Gasteiger partial charge in [0, 0.05) is 6.54 Å². The van der Waals surface area contributed by atoms with Gasteiger partial charge in [-0.05, 0) is 25.2 Å². The zero-order valence-corrected chi connectivity index (χ0v) is 9.98. The maximum atomic E-state index is 11.8. The number of hydrogen-bond acceptors (Lipinski definition) is 2. The van der Waals surface area contributed by atoms with Gasteiger partial charge in [0.25, 0.3) is 0 Å². The first-order valence-corrected chi connectivity index (χ1v) is 5.80. The van der Waals surface area contributed by atoms with Gasteiger partial charge in [0.15, 0.2) is 0 Å². The van der Waals surface area contributed by atoms with Gasteiger partial charge in [0.2, 0.25) is 0 Å². The molecule has 1 atom stereocenters. The molecular weight excluding hydrogens is 220 g/mol. The average Bonchev–Trinajstić information content (AvgIpc) is 3.07. The van der Waals surface area contributed by atoms with E-state index in [0.29, 0.717) is 18.9 Å². The van der Waals surface area contributed by atoms with E-state index in [1.807, 2.05) is 6.92 Å². The number of terminal acetylenes is 1. The number of rotatable bonds is 6. The SMILES string of the molecule is C#CC(CC)NC(=O)N(CC(=O)O)CC1CC1. The standard InChI is InChI=1S/C12H18N2O3/c1-3-10(4-2)13-12(17)14(8-11(15)16)7-9-5-6-9/h1,9-10H,4-8H2,2H3,(H,13,17)(H,15,16). The van der Waals surface area contributed by atoms with Crippen LogP contribution in [0.1, 0.15) is 26.2 Å². The third-order valence-corrected chi connectivity index (χ3v) is 2.70. The van der Waals surface area contributed by atoms with Gasteiger partial charge >= 0.3 is 12.0 Å². The molecule has 0 bridgehead atoms. The molecule has 0 heterocycles. The van der Waals surface area contributed by atoms with Crippen molar-refractivity contribution >= 4 is 12.0 Å². The van der Waals surface area contributed by atoms with Crippen LogP contribution in [0.4, 0.5) is 4.79 Å². The molecule has 1 fully saturated rings. The molecule has 1 aliphatic carbocycles. The van der Waals surface area contributed by atoms with E-state index in [1.165, 1.54) is 4.90 Å². The first-order chi connectivity index (χ1) is 8.06. The Morgan fingerprint density at radius 1 is 1.59 bits per heavy atom. The number of hydrogen-bond donors (Lipinski definition) is 2. The molecule has 1 rings (SSSR count). The first kappa shape index (κ1) is 13.4. The van der Waals surface area contributed by atoms with Crippen LogP contribution >= 0.6 is 0 Å². The summed E-state index contributed by atoms with van der Waals surface area (Å²) in [6, 6.07) is -0.720. The molecule has 17 heavy (non-hydrogen) atoms. The summed E-state index contributed by atoms with van der Waals surface area (Å²) in [5, 5.41) is 11.4. The summed E-state index contributed by atoms with van der Waals surface area (Å²) in [6.07, 6.45) is 8.01. The third kappa shape index (κ3) is 4.77. The molecule has 0 radical (unpaired) electrons. The second-order valence-corrected chi connectivity index (χ2v) is 4.29. The van der Waals surface area contributed by atoms with Crippen molar-refractivity contribution in [3.8, 4) is 12.3 Å². The molecular formula is C12H18N2O3. The Labute approximate surface area is 101 Å². The van der Waals surface area contributed by atoms with E-state index >= 15 is 0 Å². The van der Waals surface area contributed by atoms with Crippen LogP contribution in [-0.4, -0.2) is 41.1 Å². The van der Waals surface area contributed by atoms with Crippen LogP contribution in [0.15, 0.2) is 0 Å². The Bertz CT molecular complexity index is 331. The van der Waals surface area contributed by atoms with Gasteiger partial charge in [0.1, 0.15) is 6.54 Å². The minimum atomic E-state index is -1.01. The zero-order valence-electron chi connectivity index (χ0n) is 9.98. The summed E-state index contributed by atoms with van der Waals surface area (Å²) in [7, 11) is 0. The van der Waals surface area contributed by atoms with Gasteiger partial charge in [-0.2, -0.15) is 0 Å². The third-order valence-electron chi connectivity index (χ3n) is 2.70. The molecule has 2 N–H and O–H groups in total. The number of amides is 2. The lowest BCUT2D eigenvalue weighted by atomic mass is 10.2. The Kier molecular flexibility index (Phi) is 4.83. The number of carboxylic acid groups (broad SMARTS) is 1. The lowest BCUT2D eigenvalue weighted by Crippen LogP contribution is -2.47. The number of carbonyl (C=O) groups excluding carboxylic acids is 1. The summed E-state index contributed by atoms with van der Waals surface area (Å²) < 4.78 is 0. The molecule has 0 aliphatic heterocycles. The van der Waals surface area contributed by atoms with E-state index in [2.05, 4.69) is 11.2 Å². The topological polar surface area (TPSA) is 69.6 Å². The molecule has 94 valence electrons. The summed E-state index contributed by atoms with van der Waals surface area (Å²) in [4.78, 5) is 23.8. The molecule has 0 saturated heterocycles. The van der Waals surface area contributed by atoms with Gasteiger partial charge in [-0.1, -0.05) is 12.8 Å². The molecule has 5 nitrogen and oxygen atoms in total. The molecule has 0 aromatic heterocycles. The summed E-state index contributed by atoms with van der Waals surface area (Å²) in [5.41, 5.74) is 0. The lowest BCUT2D eigenvalue weighted by molar-refractivity contribution is -0.137. The molecule has 1 aliphatic rings. The molecule has 1 unspecified atom stereocenters. The average molecular weight is 238 g/mol. The van der Waals surface area contributed by atoms with E-state index in [0.717, 1.165) is 12.8 Å². The Morgan fingerprint density at radius 2 is 2.24 bits per heavy atom. The predicted octanol–water partition coefficient (Wildman–Crippen LogP) is 0.904. The van der Waals surface area contributed by atoms with Crippen LogP contribution in [0.2, 0.25) is 0 Å². The van der Waals surface area contributed by atoms with Crippen LogP contribution < -0.4 is 5.32 Å². The van der Waals surface area contributed by atoms with Crippen molar-refractivity contribution in [2.45, 2.75) is 32.2 Å². The van der Waals surface area contributed by atoms with Crippen molar-refractivity contribution in [1.29, 1.82) is 0 Å². The fraction of sp³-hybridized carbons (Fsp3) is 0.667. The Balaban J connectivity index is 2.51. The smallest absolute Gasteiger partial charge is 0.323 e. The molecule has 1 saturated carbocycles. The largest absolute Gasteiger partial charge is 0.480 e. The van der Waals surface area contributed by atoms with Crippen LogP contribution in [0.3, 0.4) is 0 Å². The Morgan fingerprint density at radius 3 is 2.65 bits per heavy atom. The highest BCUT2D eigenvalue weighted by Crippen LogP contribution is 2.29. The number of carbonyl (C=O) groups is 2. The second-order valence-electron chi connectivity index (χ2n) is 4.29. The fourth-order valence-corrected chi connectivity index (χ4v) is 1.50. The molecule has 2 amide bonds. The number of nitrogens with zero attached hydrogens (tertiary/aromatic N) is 1. The lowest BCUT2D eigenvalue weighted by Gasteiger charge is -2.22. The number of urea groups is 1. The van der Waals surface area contributed by atoms with Crippen LogP contribution in [0.25, 0.3) is 0 Å². The number of nitrogens with one attached hydrogen (secondary N) is 1. The van der Waals surface area contributed by atoms with Gasteiger partial charge in [-0.25, -0.2) is 4.79 Å². The van der Waals surface area contributed by atoms with E-state index in [1.54, 1.807) is 0 Å². The highest BCUT2D eigenvalue weighted by atomic mass is 16.4. The van der Waals surface area contributed by atoms with Gasteiger partial charge in [0.05, 0.1) is 6.04 Å². The molecule has 0 aromatic rings. The van der Waals surface area contributed by atoms with Crippen LogP contribution in [0.5, 0.6) is 0 Å². The minimum Gasteiger partial charge on any atom is -0.480 e. The highest BCUT2D eigenvalue weighted by Gasteiger charge is 2.28. The normalized spacial score (nSPS) is 15.8. The minimum absolute atomic E-state index is 0.274. The molecule has 0 aromatic carbocycles. The second kappa shape index (κ2) is 6.14. The highest BCUT2D eigenvalue weighted by molar-refractivity contribution is 5.80. The van der Waals surface area contributed by atoms with Gasteiger partial charge in [-0.15, -0.1) is 6.42 Å². The monoisotopic (exact) mass is 238 g/mol. The molecule has 0 spiro atoms. The Hall–Kier alpha value is -1.70. The van der Waals surface area contributed by atoms with Crippen molar-refractivity contribution in [2.75, 3.05) is 13.1 Å². The summed E-state index contributed by atoms with van der Waals surface area (Å²) >= 11 is 0. The van der Waals surface area contributed by atoms with Gasteiger partial charge < -0.3 is 15.3 Å². The van der Waals surface area contributed by atoms with E-state index < -0.39 is 5.97 Å². The fourth-order valence-electron chi connectivity index (χ4n) is 1.50. The zero-order chi connectivity index (χ0) is 12.8. The number of carboxylic acids is 1. The van der Waals surface area contributed by atoms with E-state index in [9.17, 15) is 9.59 Å². The summed E-state index contributed by atoms with van der Waals surface area (Å²) in [5.74, 6) is 1.90. The molecule has 5 heteroatoms. The van der Waals surface area contributed by atoms with Crippen molar-refractivity contribution < 1.29 is 14.7 Å². The first-order valence-electron chi connectivity index (χ1n) is 5.80. The van der Waals surface area contributed by atoms with Crippen molar-refractivity contribution in [3.05, 3.63) is 0 Å². The van der Waals surface area contributed by atoms with Crippen molar-refractivity contribution in [1.82, 2.24) is 10.2 Å². The predicted molar refractivity (Wildman–Crippen MR) is 63.4 cm³/mol. The van der Waals surface area contributed by atoms with Crippen molar-refractivity contribution in [2.24, 2.45) is 5.92 Å². The summed E-state index contributed by atoms with van der Waals surface area (Å²) in [6.45, 7) is 2.09. The number of aliphatic carboxylic acids is 1. The quantitative estimate of drug-likeness (QED) is 0.676. The van der Waals surface area contributed by atoms with E-state index in [-0.39, 0.29) is 18.6 Å². The van der Waals surface area contributed by atoms with Gasteiger partial charge in [-0.3, -0.25) is 4.79 Å². The maximum absolute atomic E-state index is 11.8. The van der Waals surface area contributed by atoms with Crippen LogP contribution in [0, 0.1) is 18.3 Å².